The Hall–Kier alpha value is -2.00. The van der Waals surface area contributed by atoms with E-state index in [9.17, 15) is 4.79 Å². The van der Waals surface area contributed by atoms with Gasteiger partial charge in [-0.15, -0.1) is 0 Å². The van der Waals surface area contributed by atoms with Crippen LogP contribution in [0.2, 0.25) is 5.02 Å². The Bertz CT molecular complexity index is 762. The van der Waals surface area contributed by atoms with Crippen LogP contribution >= 0.6 is 11.6 Å². The first kappa shape index (κ1) is 19.3. The standard InChI is InChI=1S/C21H26ClNO2/c1-12-7-8-19(13(2)9-12)16(5)23-21(24)17(6)25-18-10-14(3)20(22)15(4)11-18/h7-11,16-17H,1-6H3,(H,23,24). The molecule has 2 unspecified atom stereocenters. The Kier molecular flexibility index (Phi) is 6.12. The Morgan fingerprint density at radius 3 is 2.16 bits per heavy atom. The maximum absolute atomic E-state index is 12.5. The number of benzene rings is 2. The molecule has 0 aliphatic rings. The van der Waals surface area contributed by atoms with Gasteiger partial charge in [0.1, 0.15) is 5.75 Å². The highest BCUT2D eigenvalue weighted by molar-refractivity contribution is 6.32. The molecule has 2 aromatic rings. The Morgan fingerprint density at radius 1 is 1.00 bits per heavy atom. The van der Waals surface area contributed by atoms with Crippen molar-refractivity contribution < 1.29 is 9.53 Å². The fourth-order valence-electron chi connectivity index (χ4n) is 2.95. The van der Waals surface area contributed by atoms with Crippen LogP contribution in [0, 0.1) is 27.7 Å². The van der Waals surface area contributed by atoms with E-state index in [4.69, 9.17) is 16.3 Å². The first-order valence-electron chi connectivity index (χ1n) is 8.50. The molecule has 3 nitrogen and oxygen atoms in total. The van der Waals surface area contributed by atoms with Crippen LogP contribution in [0.25, 0.3) is 0 Å². The molecule has 2 aromatic carbocycles. The van der Waals surface area contributed by atoms with Crippen molar-refractivity contribution in [2.45, 2.75) is 53.7 Å². The number of halogens is 1. The van der Waals surface area contributed by atoms with Crippen LogP contribution in [0.1, 0.15) is 47.7 Å². The Labute approximate surface area is 155 Å². The second-order valence-electron chi connectivity index (χ2n) is 6.72. The predicted molar refractivity (Wildman–Crippen MR) is 103 cm³/mol. The summed E-state index contributed by atoms with van der Waals surface area (Å²) in [4.78, 5) is 12.5. The first-order valence-corrected chi connectivity index (χ1v) is 8.87. The fraction of sp³-hybridized carbons (Fsp3) is 0.381. The van der Waals surface area contributed by atoms with E-state index >= 15 is 0 Å². The fourth-order valence-corrected chi connectivity index (χ4v) is 3.06. The van der Waals surface area contributed by atoms with Gasteiger partial charge in [-0.05, 0) is 75.9 Å². The summed E-state index contributed by atoms with van der Waals surface area (Å²) in [6.07, 6.45) is -0.590. The van der Waals surface area contributed by atoms with E-state index in [1.807, 2.05) is 32.9 Å². The molecule has 25 heavy (non-hydrogen) atoms. The molecule has 2 rings (SSSR count). The molecule has 4 heteroatoms. The van der Waals surface area contributed by atoms with Gasteiger partial charge in [-0.2, -0.15) is 0 Å². The van der Waals surface area contributed by atoms with Crippen LogP contribution in [0.5, 0.6) is 5.75 Å². The average molecular weight is 360 g/mol. The molecule has 0 aliphatic carbocycles. The molecule has 134 valence electrons. The van der Waals surface area contributed by atoms with Gasteiger partial charge in [-0.25, -0.2) is 0 Å². The molecule has 0 saturated carbocycles. The van der Waals surface area contributed by atoms with E-state index < -0.39 is 6.10 Å². The van der Waals surface area contributed by atoms with Crippen molar-refractivity contribution in [3.05, 3.63) is 63.2 Å². The number of rotatable bonds is 5. The summed E-state index contributed by atoms with van der Waals surface area (Å²) in [6, 6.07) is 9.88. The minimum atomic E-state index is -0.590. The number of carbonyl (C=O) groups is 1. The monoisotopic (exact) mass is 359 g/mol. The Morgan fingerprint density at radius 2 is 1.60 bits per heavy atom. The van der Waals surface area contributed by atoms with E-state index in [-0.39, 0.29) is 11.9 Å². The van der Waals surface area contributed by atoms with E-state index in [1.165, 1.54) is 11.1 Å². The largest absolute Gasteiger partial charge is 0.481 e. The van der Waals surface area contributed by atoms with Crippen molar-refractivity contribution in [1.82, 2.24) is 5.32 Å². The molecule has 0 radical (unpaired) electrons. The maximum Gasteiger partial charge on any atom is 0.261 e. The van der Waals surface area contributed by atoms with Crippen LogP contribution in [0.3, 0.4) is 0 Å². The number of ether oxygens (including phenoxy) is 1. The molecule has 0 bridgehead atoms. The quantitative estimate of drug-likeness (QED) is 0.794. The van der Waals surface area contributed by atoms with Crippen LogP contribution in [0.15, 0.2) is 30.3 Å². The minimum absolute atomic E-state index is 0.0761. The van der Waals surface area contributed by atoms with Crippen molar-refractivity contribution in [2.24, 2.45) is 0 Å². The smallest absolute Gasteiger partial charge is 0.261 e. The maximum atomic E-state index is 12.5. The molecule has 0 fully saturated rings. The van der Waals surface area contributed by atoms with Crippen molar-refractivity contribution in [3.63, 3.8) is 0 Å². The zero-order valence-electron chi connectivity index (χ0n) is 15.7. The molecular formula is C21H26ClNO2. The average Bonchev–Trinajstić information content (AvgIpc) is 2.52. The van der Waals surface area contributed by atoms with E-state index in [0.717, 1.165) is 21.7 Å². The van der Waals surface area contributed by atoms with Crippen LogP contribution in [-0.2, 0) is 4.79 Å². The zero-order valence-corrected chi connectivity index (χ0v) is 16.5. The third-order valence-corrected chi connectivity index (χ3v) is 4.94. The van der Waals surface area contributed by atoms with Gasteiger partial charge in [0.25, 0.3) is 5.91 Å². The Balaban J connectivity index is 2.05. The second-order valence-corrected chi connectivity index (χ2v) is 7.10. The molecular weight excluding hydrogens is 334 g/mol. The number of aryl methyl sites for hydroxylation is 4. The van der Waals surface area contributed by atoms with E-state index in [1.54, 1.807) is 6.92 Å². The summed E-state index contributed by atoms with van der Waals surface area (Å²) in [5.41, 5.74) is 5.38. The molecule has 0 spiro atoms. The summed E-state index contributed by atoms with van der Waals surface area (Å²) in [5, 5.41) is 3.76. The van der Waals surface area contributed by atoms with Crippen molar-refractivity contribution in [2.75, 3.05) is 0 Å². The number of nitrogens with one attached hydrogen (secondary N) is 1. The van der Waals surface area contributed by atoms with Gasteiger partial charge >= 0.3 is 0 Å². The number of carbonyl (C=O) groups excluding carboxylic acids is 1. The lowest BCUT2D eigenvalue weighted by Gasteiger charge is -2.21. The number of amides is 1. The van der Waals surface area contributed by atoms with E-state index in [2.05, 4.69) is 37.4 Å². The molecule has 2 atom stereocenters. The van der Waals surface area contributed by atoms with Gasteiger partial charge in [0.2, 0.25) is 0 Å². The third kappa shape index (κ3) is 4.76. The van der Waals surface area contributed by atoms with Gasteiger partial charge in [0.05, 0.1) is 6.04 Å². The van der Waals surface area contributed by atoms with Crippen molar-refractivity contribution >= 4 is 17.5 Å². The van der Waals surface area contributed by atoms with Gasteiger partial charge in [-0.1, -0.05) is 35.4 Å². The van der Waals surface area contributed by atoms with Crippen LogP contribution < -0.4 is 10.1 Å². The summed E-state index contributed by atoms with van der Waals surface area (Å²) in [7, 11) is 0. The summed E-state index contributed by atoms with van der Waals surface area (Å²) in [6.45, 7) is 11.7. The lowest BCUT2D eigenvalue weighted by Crippen LogP contribution is -2.38. The zero-order chi connectivity index (χ0) is 18.7. The predicted octanol–water partition coefficient (Wildman–Crippen LogP) is 5.22. The minimum Gasteiger partial charge on any atom is -0.481 e. The lowest BCUT2D eigenvalue weighted by molar-refractivity contribution is -0.127. The molecule has 1 N–H and O–H groups in total. The number of hydrogen-bond donors (Lipinski definition) is 1. The van der Waals surface area contributed by atoms with Crippen molar-refractivity contribution in [1.29, 1.82) is 0 Å². The summed E-state index contributed by atoms with van der Waals surface area (Å²) < 4.78 is 5.81. The van der Waals surface area contributed by atoms with E-state index in [0.29, 0.717) is 5.75 Å². The molecule has 0 aliphatic heterocycles. The third-order valence-electron chi connectivity index (χ3n) is 4.34. The summed E-state index contributed by atoms with van der Waals surface area (Å²) >= 11 is 6.18. The van der Waals surface area contributed by atoms with Gasteiger partial charge < -0.3 is 10.1 Å². The second kappa shape index (κ2) is 7.92. The molecule has 0 saturated heterocycles. The highest BCUT2D eigenvalue weighted by Crippen LogP contribution is 2.26. The summed E-state index contributed by atoms with van der Waals surface area (Å²) in [5.74, 6) is 0.513. The van der Waals surface area contributed by atoms with Gasteiger partial charge in [-0.3, -0.25) is 4.79 Å². The van der Waals surface area contributed by atoms with Gasteiger partial charge in [0, 0.05) is 5.02 Å². The molecule has 1 amide bonds. The normalized spacial score (nSPS) is 13.2. The first-order chi connectivity index (χ1) is 11.7. The van der Waals surface area contributed by atoms with Gasteiger partial charge in [0.15, 0.2) is 6.10 Å². The topological polar surface area (TPSA) is 38.3 Å². The lowest BCUT2D eigenvalue weighted by atomic mass is 10.00. The highest BCUT2D eigenvalue weighted by Gasteiger charge is 2.19. The highest BCUT2D eigenvalue weighted by atomic mass is 35.5. The SMILES string of the molecule is Cc1ccc(C(C)NC(=O)C(C)Oc2cc(C)c(Cl)c(C)c2)c(C)c1. The van der Waals surface area contributed by atoms with Crippen LogP contribution in [0.4, 0.5) is 0 Å². The van der Waals surface area contributed by atoms with Crippen LogP contribution in [-0.4, -0.2) is 12.0 Å². The molecule has 0 aromatic heterocycles. The van der Waals surface area contributed by atoms with Crippen molar-refractivity contribution in [3.8, 4) is 5.75 Å². The number of hydrogen-bond acceptors (Lipinski definition) is 2. The molecule has 0 heterocycles.